The summed E-state index contributed by atoms with van der Waals surface area (Å²) in [5.74, 6) is 0.412. The number of hydrogen-bond donors (Lipinski definition) is 2. The summed E-state index contributed by atoms with van der Waals surface area (Å²) in [6.45, 7) is 5.44. The summed E-state index contributed by atoms with van der Waals surface area (Å²) in [5, 5.41) is 0. The van der Waals surface area contributed by atoms with Crippen molar-refractivity contribution >= 4 is 5.78 Å². The molecule has 2 aliphatic carbocycles. The Morgan fingerprint density at radius 3 is 2.25 bits per heavy atom. The van der Waals surface area contributed by atoms with Crippen LogP contribution in [0.25, 0.3) is 0 Å². The van der Waals surface area contributed by atoms with Gasteiger partial charge in [0, 0.05) is 12.0 Å². The third-order valence-electron chi connectivity index (χ3n) is 5.69. The lowest BCUT2D eigenvalue weighted by Crippen LogP contribution is -2.46. The summed E-state index contributed by atoms with van der Waals surface area (Å²) in [4.78, 5) is 12.4. The zero-order valence-corrected chi connectivity index (χ0v) is 10.5. The molecule has 0 heterocycles. The van der Waals surface area contributed by atoms with Crippen LogP contribution in [-0.4, -0.2) is 18.9 Å². The van der Waals surface area contributed by atoms with Gasteiger partial charge in [-0.3, -0.25) is 4.79 Å². The number of nitrogens with two attached hydrogens (primary N) is 2. The first-order valence-electron chi connectivity index (χ1n) is 6.56. The molecule has 0 amide bonds. The average molecular weight is 224 g/mol. The first-order chi connectivity index (χ1) is 7.60. The third kappa shape index (κ3) is 0.951. The molecule has 3 unspecified atom stereocenters. The summed E-state index contributed by atoms with van der Waals surface area (Å²) in [6.07, 6.45) is 5.11. The largest absolute Gasteiger partial charge is 0.330 e. The number of Topliss-reactive ketones (excluding diaryl/α,β-unsaturated/α-hetero) is 1. The predicted molar refractivity (Wildman–Crippen MR) is 64.8 cm³/mol. The highest BCUT2D eigenvalue weighted by Gasteiger charge is 2.82. The average Bonchev–Trinajstić information content (AvgIpc) is 2.90. The number of carbonyl (C=O) groups excluding carboxylic acids is 1. The molecule has 3 nitrogen and oxygen atoms in total. The second-order valence-electron chi connectivity index (χ2n) is 5.57. The Labute approximate surface area is 97.9 Å². The van der Waals surface area contributed by atoms with E-state index in [-0.39, 0.29) is 16.2 Å². The standard InChI is InChI=1S/C13H24N2O/c1-3-11(8-14)6-5-7-12(9-15)10(16)13(11,12)4-2/h3-9,14-15H2,1-2H3. The summed E-state index contributed by atoms with van der Waals surface area (Å²) in [6, 6.07) is 0. The van der Waals surface area contributed by atoms with E-state index >= 15 is 0 Å². The molecule has 2 aliphatic rings. The fourth-order valence-corrected chi connectivity index (χ4v) is 4.70. The Bertz CT molecular complexity index is 311. The number of rotatable bonds is 4. The van der Waals surface area contributed by atoms with Gasteiger partial charge in [0.05, 0.1) is 5.41 Å². The van der Waals surface area contributed by atoms with Crippen LogP contribution in [0.15, 0.2) is 0 Å². The molecular weight excluding hydrogens is 200 g/mol. The Morgan fingerprint density at radius 2 is 1.81 bits per heavy atom. The molecule has 3 atom stereocenters. The van der Waals surface area contributed by atoms with Crippen LogP contribution in [0.3, 0.4) is 0 Å². The maximum Gasteiger partial charge on any atom is 0.149 e. The normalized spacial score (nSPS) is 46.6. The van der Waals surface area contributed by atoms with E-state index in [0.717, 1.165) is 32.1 Å². The monoisotopic (exact) mass is 224 g/mol. The van der Waals surface area contributed by atoms with E-state index in [2.05, 4.69) is 13.8 Å². The van der Waals surface area contributed by atoms with Crippen LogP contribution in [0.5, 0.6) is 0 Å². The van der Waals surface area contributed by atoms with Gasteiger partial charge < -0.3 is 11.5 Å². The van der Waals surface area contributed by atoms with Gasteiger partial charge in [-0.05, 0) is 37.6 Å². The summed E-state index contributed by atoms with van der Waals surface area (Å²) in [7, 11) is 0. The Kier molecular flexibility index (Phi) is 2.67. The Morgan fingerprint density at radius 1 is 1.12 bits per heavy atom. The lowest BCUT2D eigenvalue weighted by Gasteiger charge is -2.45. The zero-order chi connectivity index (χ0) is 12.0. The van der Waals surface area contributed by atoms with Gasteiger partial charge in [-0.1, -0.05) is 20.3 Å². The van der Waals surface area contributed by atoms with Crippen molar-refractivity contribution in [1.29, 1.82) is 0 Å². The molecule has 0 spiro atoms. The molecule has 16 heavy (non-hydrogen) atoms. The van der Waals surface area contributed by atoms with Crippen LogP contribution in [0.1, 0.15) is 46.0 Å². The molecule has 0 aliphatic heterocycles. The molecule has 0 aromatic rings. The number of ketones is 1. The van der Waals surface area contributed by atoms with E-state index in [1.165, 1.54) is 0 Å². The summed E-state index contributed by atoms with van der Waals surface area (Å²) < 4.78 is 0. The molecule has 2 fully saturated rings. The van der Waals surface area contributed by atoms with Crippen molar-refractivity contribution in [1.82, 2.24) is 0 Å². The highest BCUT2D eigenvalue weighted by atomic mass is 16.1. The van der Waals surface area contributed by atoms with Crippen molar-refractivity contribution in [3.05, 3.63) is 0 Å². The number of fused-ring (bicyclic) bond motifs is 1. The fraction of sp³-hybridized carbons (Fsp3) is 0.923. The van der Waals surface area contributed by atoms with Gasteiger partial charge in [-0.2, -0.15) is 0 Å². The smallest absolute Gasteiger partial charge is 0.149 e. The van der Waals surface area contributed by atoms with Crippen LogP contribution in [0.2, 0.25) is 0 Å². The minimum atomic E-state index is -0.213. The van der Waals surface area contributed by atoms with Crippen LogP contribution in [-0.2, 0) is 4.79 Å². The lowest BCUT2D eigenvalue weighted by molar-refractivity contribution is -0.116. The van der Waals surface area contributed by atoms with E-state index in [1.807, 2.05) is 0 Å². The van der Waals surface area contributed by atoms with Crippen molar-refractivity contribution in [2.45, 2.75) is 46.0 Å². The van der Waals surface area contributed by atoms with Gasteiger partial charge in [0.1, 0.15) is 5.78 Å². The van der Waals surface area contributed by atoms with Gasteiger partial charge in [0.15, 0.2) is 0 Å². The maximum absolute atomic E-state index is 12.4. The van der Waals surface area contributed by atoms with Gasteiger partial charge in [-0.15, -0.1) is 0 Å². The molecule has 0 aromatic carbocycles. The number of carbonyl (C=O) groups is 1. The van der Waals surface area contributed by atoms with Gasteiger partial charge in [0.25, 0.3) is 0 Å². The summed E-state index contributed by atoms with van der Waals surface area (Å²) >= 11 is 0. The SMILES string of the molecule is CCC1(CN)CCCC2(CN)C(=O)C12CC. The zero-order valence-electron chi connectivity index (χ0n) is 10.5. The van der Waals surface area contributed by atoms with Crippen molar-refractivity contribution < 1.29 is 4.79 Å². The van der Waals surface area contributed by atoms with Gasteiger partial charge >= 0.3 is 0 Å². The summed E-state index contributed by atoms with van der Waals surface area (Å²) in [5.41, 5.74) is 11.5. The predicted octanol–water partition coefficient (Wildman–Crippen LogP) is 1.45. The molecule has 2 rings (SSSR count). The van der Waals surface area contributed by atoms with E-state index in [0.29, 0.717) is 18.9 Å². The topological polar surface area (TPSA) is 69.1 Å². The Balaban J connectivity index is 2.47. The fourth-order valence-electron chi connectivity index (χ4n) is 4.70. The van der Waals surface area contributed by atoms with Crippen LogP contribution < -0.4 is 11.5 Å². The lowest BCUT2D eigenvalue weighted by atomic mass is 9.59. The van der Waals surface area contributed by atoms with E-state index in [1.54, 1.807) is 0 Å². The molecule has 3 heteroatoms. The molecule has 4 N–H and O–H groups in total. The van der Waals surface area contributed by atoms with Crippen molar-refractivity contribution in [2.75, 3.05) is 13.1 Å². The van der Waals surface area contributed by atoms with Crippen LogP contribution in [0.4, 0.5) is 0 Å². The molecule has 0 aromatic heterocycles. The van der Waals surface area contributed by atoms with Crippen molar-refractivity contribution in [3.63, 3.8) is 0 Å². The minimum Gasteiger partial charge on any atom is -0.330 e. The van der Waals surface area contributed by atoms with E-state index < -0.39 is 0 Å². The minimum absolute atomic E-state index is 0.0243. The van der Waals surface area contributed by atoms with Crippen LogP contribution in [0, 0.1) is 16.2 Å². The molecule has 92 valence electrons. The van der Waals surface area contributed by atoms with E-state index in [9.17, 15) is 4.79 Å². The highest BCUT2D eigenvalue weighted by molar-refractivity contribution is 6.09. The second kappa shape index (κ2) is 3.54. The quantitative estimate of drug-likeness (QED) is 0.759. The third-order valence-corrected chi connectivity index (χ3v) is 5.69. The van der Waals surface area contributed by atoms with Crippen molar-refractivity contribution in [2.24, 2.45) is 27.7 Å². The highest BCUT2D eigenvalue weighted by Crippen LogP contribution is 2.76. The van der Waals surface area contributed by atoms with Crippen molar-refractivity contribution in [3.8, 4) is 0 Å². The molecule has 0 saturated heterocycles. The maximum atomic E-state index is 12.4. The van der Waals surface area contributed by atoms with Gasteiger partial charge in [-0.25, -0.2) is 0 Å². The first kappa shape index (κ1) is 12.1. The van der Waals surface area contributed by atoms with E-state index in [4.69, 9.17) is 11.5 Å². The van der Waals surface area contributed by atoms with Crippen LogP contribution >= 0.6 is 0 Å². The molecule has 2 saturated carbocycles. The number of hydrogen-bond acceptors (Lipinski definition) is 3. The molecule has 0 bridgehead atoms. The molecule has 0 radical (unpaired) electrons. The second-order valence-corrected chi connectivity index (χ2v) is 5.57. The first-order valence-corrected chi connectivity index (χ1v) is 6.56. The Hall–Kier alpha value is -0.410. The molecular formula is C13H24N2O. The van der Waals surface area contributed by atoms with Gasteiger partial charge in [0.2, 0.25) is 0 Å².